The Morgan fingerprint density at radius 3 is 2.78 bits per heavy atom. The van der Waals surface area contributed by atoms with Crippen molar-refractivity contribution in [1.29, 1.82) is 0 Å². The molecule has 2 saturated heterocycles. The van der Waals surface area contributed by atoms with Crippen LogP contribution in [0, 0.1) is 13.5 Å². The number of benzene rings is 1. The molecule has 0 bridgehead atoms. The van der Waals surface area contributed by atoms with E-state index in [4.69, 9.17) is 21.3 Å². The van der Waals surface area contributed by atoms with E-state index in [0.717, 1.165) is 54.2 Å². The zero-order chi connectivity index (χ0) is 31.7. The molecular formula is C34H43N9O2. The van der Waals surface area contributed by atoms with Gasteiger partial charge in [-0.05, 0) is 46.0 Å². The van der Waals surface area contributed by atoms with Crippen LogP contribution in [0.25, 0.3) is 15.6 Å². The van der Waals surface area contributed by atoms with Crippen molar-refractivity contribution >= 4 is 28.2 Å². The largest absolute Gasteiger partial charge is 0.462 e. The lowest BCUT2D eigenvalue weighted by Gasteiger charge is -2.44. The Labute approximate surface area is 265 Å². The number of aryl methyl sites for hydroxylation is 1. The first-order chi connectivity index (χ1) is 21.8. The summed E-state index contributed by atoms with van der Waals surface area (Å²) >= 11 is 0. The number of hydrogen-bond donors (Lipinski definition) is 0. The maximum atomic E-state index is 12.6. The molecule has 45 heavy (non-hydrogen) atoms. The molecule has 11 heteroatoms. The summed E-state index contributed by atoms with van der Waals surface area (Å²) in [4.78, 5) is 41.9. The minimum absolute atomic E-state index is 0.137. The first-order valence-corrected chi connectivity index (χ1v) is 15.8. The van der Waals surface area contributed by atoms with Gasteiger partial charge in [0.25, 0.3) is 0 Å². The predicted octanol–water partition coefficient (Wildman–Crippen LogP) is 3.03. The van der Waals surface area contributed by atoms with Gasteiger partial charge in [0.15, 0.2) is 0 Å². The van der Waals surface area contributed by atoms with Gasteiger partial charge in [0, 0.05) is 73.9 Å². The first kappa shape index (κ1) is 30.7. The molecule has 1 aromatic carbocycles. The van der Waals surface area contributed by atoms with Crippen LogP contribution in [-0.4, -0.2) is 120 Å². The van der Waals surface area contributed by atoms with Gasteiger partial charge in [-0.15, -0.1) is 0 Å². The fourth-order valence-electron chi connectivity index (χ4n) is 6.87. The number of hydrogen-bond acceptors (Lipinski definition) is 9. The molecule has 3 aromatic rings. The molecule has 5 heterocycles. The van der Waals surface area contributed by atoms with Crippen LogP contribution in [0.4, 0.5) is 11.5 Å². The van der Waals surface area contributed by atoms with Gasteiger partial charge in [-0.1, -0.05) is 24.8 Å². The fourth-order valence-corrected chi connectivity index (χ4v) is 6.87. The lowest BCUT2D eigenvalue weighted by atomic mass is 10.0. The van der Waals surface area contributed by atoms with E-state index < -0.39 is 0 Å². The van der Waals surface area contributed by atoms with Crippen molar-refractivity contribution in [2.75, 3.05) is 76.3 Å². The third-order valence-corrected chi connectivity index (χ3v) is 9.65. The summed E-state index contributed by atoms with van der Waals surface area (Å²) < 4.78 is 6.35. The number of piperazine rings is 1. The Hall–Kier alpha value is -4.27. The van der Waals surface area contributed by atoms with Crippen molar-refractivity contribution in [3.63, 3.8) is 0 Å². The normalized spacial score (nSPS) is 19.6. The van der Waals surface area contributed by atoms with Crippen molar-refractivity contribution in [2.45, 2.75) is 44.9 Å². The molecule has 0 aliphatic carbocycles. The van der Waals surface area contributed by atoms with Crippen LogP contribution in [0.3, 0.4) is 0 Å². The van der Waals surface area contributed by atoms with Gasteiger partial charge in [-0.25, -0.2) is 6.57 Å². The lowest BCUT2D eigenvalue weighted by molar-refractivity contribution is -0.128. The van der Waals surface area contributed by atoms with Crippen LogP contribution in [0.1, 0.15) is 23.7 Å². The fraction of sp³-hybridized carbons (Fsp3) is 0.500. The SMILES string of the molecule is [C-]#[N+]C[C@H]1CN(c2nc(OC[C@H](C)N(C)C3CN(C)C3)nc3c2CCN(c2cncc4cccc(C)c24)C3)CCN1C(=O)C=C. The molecule has 0 N–H and O–H groups in total. The molecule has 0 spiro atoms. The second-order valence-corrected chi connectivity index (χ2v) is 12.6. The van der Waals surface area contributed by atoms with E-state index in [1.165, 1.54) is 17.0 Å². The zero-order valence-corrected chi connectivity index (χ0v) is 26.8. The summed E-state index contributed by atoms with van der Waals surface area (Å²) in [6.07, 6.45) is 5.98. The topological polar surface area (TPSA) is 85.5 Å². The van der Waals surface area contributed by atoms with Gasteiger partial charge in [-0.3, -0.25) is 14.7 Å². The molecule has 0 radical (unpaired) electrons. The Balaban J connectivity index is 1.31. The predicted molar refractivity (Wildman–Crippen MR) is 177 cm³/mol. The average molecular weight is 610 g/mol. The number of carbonyl (C=O) groups excluding carboxylic acids is 1. The number of nitrogens with zero attached hydrogens (tertiary/aromatic N) is 9. The molecule has 236 valence electrons. The first-order valence-electron chi connectivity index (χ1n) is 15.8. The maximum absolute atomic E-state index is 12.6. The van der Waals surface area contributed by atoms with Crippen LogP contribution < -0.4 is 14.5 Å². The summed E-state index contributed by atoms with van der Waals surface area (Å²) in [5.74, 6) is 0.714. The number of pyridine rings is 1. The molecule has 11 nitrogen and oxygen atoms in total. The summed E-state index contributed by atoms with van der Waals surface area (Å²) in [6, 6.07) is 7.18. The van der Waals surface area contributed by atoms with Crippen molar-refractivity contribution < 1.29 is 9.53 Å². The monoisotopic (exact) mass is 609 g/mol. The second kappa shape index (κ2) is 13.0. The maximum Gasteiger partial charge on any atom is 0.318 e. The number of likely N-dealkylation sites (tertiary alicyclic amines) is 1. The van der Waals surface area contributed by atoms with Gasteiger partial charge >= 0.3 is 6.01 Å². The summed E-state index contributed by atoms with van der Waals surface area (Å²) in [7, 11) is 4.30. The summed E-state index contributed by atoms with van der Waals surface area (Å²) in [5.41, 5.74) is 4.38. The molecule has 2 aromatic heterocycles. The van der Waals surface area contributed by atoms with E-state index in [0.29, 0.717) is 44.8 Å². The zero-order valence-electron chi connectivity index (χ0n) is 26.8. The number of carbonyl (C=O) groups is 1. The van der Waals surface area contributed by atoms with Gasteiger partial charge in [-0.2, -0.15) is 9.97 Å². The van der Waals surface area contributed by atoms with E-state index in [-0.39, 0.29) is 24.5 Å². The average Bonchev–Trinajstić information content (AvgIpc) is 3.04. The van der Waals surface area contributed by atoms with Crippen LogP contribution in [0.15, 0.2) is 43.2 Å². The Bertz CT molecular complexity index is 1610. The number of rotatable bonds is 9. The molecule has 1 amide bonds. The quantitative estimate of drug-likeness (QED) is 0.269. The number of aromatic nitrogens is 3. The van der Waals surface area contributed by atoms with E-state index in [2.05, 4.69) is 82.1 Å². The molecular weight excluding hydrogens is 566 g/mol. The van der Waals surface area contributed by atoms with E-state index >= 15 is 0 Å². The molecule has 3 aliphatic rings. The van der Waals surface area contributed by atoms with Gasteiger partial charge in [0.1, 0.15) is 18.5 Å². The third-order valence-electron chi connectivity index (χ3n) is 9.65. The van der Waals surface area contributed by atoms with Crippen molar-refractivity contribution in [1.82, 2.24) is 29.7 Å². The number of fused-ring (bicyclic) bond motifs is 2. The number of likely N-dealkylation sites (N-methyl/N-ethyl adjacent to an activating group) is 2. The Kier molecular flexibility index (Phi) is 8.88. The highest BCUT2D eigenvalue weighted by molar-refractivity contribution is 5.96. The van der Waals surface area contributed by atoms with Crippen molar-refractivity contribution in [3.05, 3.63) is 71.5 Å². The number of amides is 1. The standard InChI is InChI=1S/C34H43N9O2/c1-7-31(44)43-14-13-42(20-26(43)16-35-4)33-28-11-12-41(30-17-36-15-25-10-8-9-23(2)32(25)30)21-29(28)37-34(38-33)45-22-24(3)40(6)27-18-39(5)19-27/h7-10,15,17,24,26-27H,1,11-14,16,18-22H2,2-3,5-6H3/t24-,26-/m0/s1. The third kappa shape index (κ3) is 6.17. The smallest absolute Gasteiger partial charge is 0.318 e. The molecule has 2 fully saturated rings. The van der Waals surface area contributed by atoms with Gasteiger partial charge in [0.05, 0.1) is 24.1 Å². The molecule has 6 rings (SSSR count). The Morgan fingerprint density at radius 2 is 2.02 bits per heavy atom. The van der Waals surface area contributed by atoms with Crippen molar-refractivity contribution in [2.24, 2.45) is 0 Å². The van der Waals surface area contributed by atoms with Gasteiger partial charge in [0.2, 0.25) is 12.5 Å². The highest BCUT2D eigenvalue weighted by Gasteiger charge is 2.35. The van der Waals surface area contributed by atoms with E-state index in [9.17, 15) is 4.79 Å². The van der Waals surface area contributed by atoms with Crippen molar-refractivity contribution in [3.8, 4) is 6.01 Å². The minimum atomic E-state index is -0.240. The van der Waals surface area contributed by atoms with Crippen LogP contribution >= 0.6 is 0 Å². The highest BCUT2D eigenvalue weighted by Crippen LogP contribution is 2.35. The minimum Gasteiger partial charge on any atom is -0.462 e. The van der Waals surface area contributed by atoms with E-state index in [1.54, 1.807) is 4.90 Å². The molecule has 3 aliphatic heterocycles. The van der Waals surface area contributed by atoms with Crippen LogP contribution in [-0.2, 0) is 17.8 Å². The number of anilines is 2. The molecule has 0 unspecified atom stereocenters. The van der Waals surface area contributed by atoms with E-state index in [1.807, 2.05) is 12.4 Å². The molecule has 0 saturated carbocycles. The summed E-state index contributed by atoms with van der Waals surface area (Å²) in [6.45, 7) is 21.4. The lowest BCUT2D eigenvalue weighted by Crippen LogP contribution is -2.59. The highest BCUT2D eigenvalue weighted by atomic mass is 16.5. The second-order valence-electron chi connectivity index (χ2n) is 12.6. The van der Waals surface area contributed by atoms with Crippen LogP contribution in [0.5, 0.6) is 6.01 Å². The van der Waals surface area contributed by atoms with Gasteiger partial charge < -0.3 is 29.2 Å². The van der Waals surface area contributed by atoms with Crippen LogP contribution in [0.2, 0.25) is 0 Å². The molecule has 2 atom stereocenters. The summed E-state index contributed by atoms with van der Waals surface area (Å²) in [5, 5.41) is 2.34. The Morgan fingerprint density at radius 1 is 1.20 bits per heavy atom. The number of ether oxygens (including phenoxy) is 1.